The van der Waals surface area contributed by atoms with Crippen molar-refractivity contribution in [2.45, 2.75) is 6.92 Å². The zero-order valence-electron chi connectivity index (χ0n) is 9.85. The van der Waals surface area contributed by atoms with Gasteiger partial charge in [-0.3, -0.25) is 15.5 Å². The summed E-state index contributed by atoms with van der Waals surface area (Å²) in [6.07, 6.45) is 0. The lowest BCUT2D eigenvalue weighted by molar-refractivity contribution is -0.384. The average Bonchev–Trinajstić information content (AvgIpc) is 2.20. The third kappa shape index (κ3) is 3.92. The first-order valence-electron chi connectivity index (χ1n) is 4.69. The van der Waals surface area contributed by atoms with Crippen LogP contribution in [0.5, 0.6) is 0 Å². The molecule has 0 radical (unpaired) electrons. The Morgan fingerprint density at radius 1 is 1.47 bits per heavy atom. The van der Waals surface area contributed by atoms with E-state index in [0.29, 0.717) is 5.69 Å². The molecule has 0 atom stereocenters. The van der Waals surface area contributed by atoms with Gasteiger partial charge >= 0.3 is 0 Å². The van der Waals surface area contributed by atoms with Gasteiger partial charge < -0.3 is 10.2 Å². The Kier molecular flexibility index (Phi) is 5.40. The van der Waals surface area contributed by atoms with Crippen LogP contribution in [0.2, 0.25) is 0 Å². The average molecular weight is 259 g/mol. The van der Waals surface area contributed by atoms with E-state index in [1.54, 1.807) is 33.2 Å². The van der Waals surface area contributed by atoms with Crippen molar-refractivity contribution in [3.63, 3.8) is 0 Å². The highest BCUT2D eigenvalue weighted by atomic mass is 35.5. The van der Waals surface area contributed by atoms with Gasteiger partial charge in [0.25, 0.3) is 5.69 Å². The molecule has 1 aromatic carbocycles. The van der Waals surface area contributed by atoms with Gasteiger partial charge in [0.15, 0.2) is 5.96 Å². The van der Waals surface area contributed by atoms with E-state index in [2.05, 4.69) is 5.32 Å². The normalized spacial score (nSPS) is 9.12. The second-order valence-electron chi connectivity index (χ2n) is 3.65. The molecule has 0 heterocycles. The number of hydrogen-bond donors (Lipinski definition) is 2. The molecule has 2 N–H and O–H groups in total. The van der Waals surface area contributed by atoms with Gasteiger partial charge in [-0.1, -0.05) is 6.07 Å². The summed E-state index contributed by atoms with van der Waals surface area (Å²) in [6, 6.07) is 4.84. The summed E-state index contributed by atoms with van der Waals surface area (Å²) in [5.74, 6) is 0.104. The number of guanidine groups is 1. The number of nitrogens with one attached hydrogen (secondary N) is 2. The predicted octanol–water partition coefficient (Wildman–Crippen LogP) is 2.23. The van der Waals surface area contributed by atoms with Gasteiger partial charge in [0, 0.05) is 20.2 Å². The summed E-state index contributed by atoms with van der Waals surface area (Å²) in [7, 11) is 3.38. The molecule has 1 aromatic rings. The van der Waals surface area contributed by atoms with Crippen LogP contribution in [0.4, 0.5) is 11.4 Å². The van der Waals surface area contributed by atoms with Crippen LogP contribution in [-0.4, -0.2) is 29.9 Å². The predicted molar refractivity (Wildman–Crippen MR) is 70.1 cm³/mol. The van der Waals surface area contributed by atoms with E-state index in [-0.39, 0.29) is 24.1 Å². The number of rotatable bonds is 2. The van der Waals surface area contributed by atoms with Crippen LogP contribution in [0.1, 0.15) is 5.56 Å². The molecule has 94 valence electrons. The van der Waals surface area contributed by atoms with Crippen molar-refractivity contribution < 1.29 is 4.92 Å². The van der Waals surface area contributed by atoms with Gasteiger partial charge in [0.1, 0.15) is 5.69 Å². The number of nitro groups is 1. The standard InChI is InChI=1S/C10H14N4O2.ClH/c1-7-4-5-8(9(6-7)14(15)16)12-10(11)13(2)3;/h4-6H,1-3H3,(H2,11,12);1H. The van der Waals surface area contributed by atoms with Crippen LogP contribution in [0.15, 0.2) is 18.2 Å². The van der Waals surface area contributed by atoms with Crippen LogP contribution in [0.25, 0.3) is 0 Å². The Labute approximate surface area is 106 Å². The first-order valence-corrected chi connectivity index (χ1v) is 4.69. The first-order chi connectivity index (χ1) is 7.41. The van der Waals surface area contributed by atoms with E-state index in [1.807, 2.05) is 0 Å². The Hall–Kier alpha value is -1.82. The molecule has 0 unspecified atom stereocenters. The second-order valence-corrected chi connectivity index (χ2v) is 3.65. The van der Waals surface area contributed by atoms with Crippen molar-refractivity contribution in [2.24, 2.45) is 0 Å². The molecule has 17 heavy (non-hydrogen) atoms. The first kappa shape index (κ1) is 15.2. The third-order valence-corrected chi connectivity index (χ3v) is 2.05. The van der Waals surface area contributed by atoms with Crippen LogP contribution in [-0.2, 0) is 0 Å². The minimum atomic E-state index is -0.460. The lowest BCUT2D eigenvalue weighted by Gasteiger charge is -2.15. The molecule has 0 saturated carbocycles. The van der Waals surface area contributed by atoms with Gasteiger partial charge in [-0.2, -0.15) is 0 Å². The summed E-state index contributed by atoms with van der Waals surface area (Å²) < 4.78 is 0. The van der Waals surface area contributed by atoms with Gasteiger partial charge in [0.05, 0.1) is 4.92 Å². The molecule has 0 spiro atoms. The van der Waals surface area contributed by atoms with Crippen molar-refractivity contribution in [3.05, 3.63) is 33.9 Å². The fraction of sp³-hybridized carbons (Fsp3) is 0.300. The van der Waals surface area contributed by atoms with Crippen molar-refractivity contribution in [2.75, 3.05) is 19.4 Å². The molecule has 0 fully saturated rings. The monoisotopic (exact) mass is 258 g/mol. The maximum absolute atomic E-state index is 10.8. The number of hydrogen-bond acceptors (Lipinski definition) is 3. The zero-order valence-corrected chi connectivity index (χ0v) is 10.7. The maximum Gasteiger partial charge on any atom is 0.293 e. The van der Waals surface area contributed by atoms with Gasteiger partial charge in [-0.05, 0) is 18.6 Å². The van der Waals surface area contributed by atoms with Crippen LogP contribution in [0.3, 0.4) is 0 Å². The van der Waals surface area contributed by atoms with Crippen LogP contribution < -0.4 is 5.32 Å². The quantitative estimate of drug-likeness (QED) is 0.369. The molecule has 6 nitrogen and oxygen atoms in total. The maximum atomic E-state index is 10.8. The second kappa shape index (κ2) is 6.05. The van der Waals surface area contributed by atoms with Gasteiger partial charge in [0.2, 0.25) is 0 Å². The van der Waals surface area contributed by atoms with Crippen LogP contribution >= 0.6 is 12.4 Å². The lowest BCUT2D eigenvalue weighted by Crippen LogP contribution is -2.28. The highest BCUT2D eigenvalue weighted by Crippen LogP contribution is 2.25. The van der Waals surface area contributed by atoms with E-state index < -0.39 is 4.92 Å². The number of halogens is 1. The molecule has 0 saturated heterocycles. The molecule has 1 rings (SSSR count). The SMILES string of the molecule is Cc1ccc(NC(=N)N(C)C)c([N+](=O)[O-])c1.Cl. The molecule has 0 aliphatic heterocycles. The topological polar surface area (TPSA) is 82.3 Å². The number of anilines is 1. The summed E-state index contributed by atoms with van der Waals surface area (Å²) >= 11 is 0. The highest BCUT2D eigenvalue weighted by Gasteiger charge is 2.14. The summed E-state index contributed by atoms with van der Waals surface area (Å²) in [5, 5.41) is 21.1. The largest absolute Gasteiger partial charge is 0.349 e. The van der Waals surface area contributed by atoms with Gasteiger partial charge in [-0.15, -0.1) is 12.4 Å². The number of nitro benzene ring substituents is 1. The van der Waals surface area contributed by atoms with E-state index >= 15 is 0 Å². The van der Waals surface area contributed by atoms with E-state index in [9.17, 15) is 10.1 Å². The molecular formula is C10H15ClN4O2. The highest BCUT2D eigenvalue weighted by molar-refractivity contribution is 5.93. The summed E-state index contributed by atoms with van der Waals surface area (Å²) in [4.78, 5) is 11.9. The molecule has 0 aliphatic rings. The Morgan fingerprint density at radius 3 is 2.53 bits per heavy atom. The van der Waals surface area contributed by atoms with Crippen LogP contribution in [0, 0.1) is 22.4 Å². The Balaban J connectivity index is 0.00000256. The van der Waals surface area contributed by atoms with Gasteiger partial charge in [-0.25, -0.2) is 0 Å². The molecule has 0 amide bonds. The zero-order chi connectivity index (χ0) is 12.3. The fourth-order valence-corrected chi connectivity index (χ4v) is 1.14. The number of aryl methyl sites for hydroxylation is 1. The smallest absolute Gasteiger partial charge is 0.293 e. The molecule has 7 heteroatoms. The minimum absolute atomic E-state index is 0. The van der Waals surface area contributed by atoms with E-state index in [1.165, 1.54) is 11.0 Å². The third-order valence-electron chi connectivity index (χ3n) is 2.05. The summed E-state index contributed by atoms with van der Waals surface area (Å²) in [6.45, 7) is 1.79. The van der Waals surface area contributed by atoms with Crippen molar-refractivity contribution in [3.8, 4) is 0 Å². The minimum Gasteiger partial charge on any atom is -0.349 e. The Bertz CT molecular complexity index is 434. The van der Waals surface area contributed by atoms with Crippen molar-refractivity contribution in [1.82, 2.24) is 4.90 Å². The van der Waals surface area contributed by atoms with E-state index in [4.69, 9.17) is 5.41 Å². The number of benzene rings is 1. The molecular weight excluding hydrogens is 244 g/mol. The summed E-state index contributed by atoms with van der Waals surface area (Å²) in [5.41, 5.74) is 1.12. The van der Waals surface area contributed by atoms with Crippen molar-refractivity contribution in [1.29, 1.82) is 5.41 Å². The van der Waals surface area contributed by atoms with Crippen molar-refractivity contribution >= 4 is 29.7 Å². The Morgan fingerprint density at radius 2 is 2.06 bits per heavy atom. The molecule has 0 aliphatic carbocycles. The van der Waals surface area contributed by atoms with E-state index in [0.717, 1.165) is 5.56 Å². The number of nitrogens with zero attached hydrogens (tertiary/aromatic N) is 2. The lowest BCUT2D eigenvalue weighted by atomic mass is 10.2. The molecule has 0 aromatic heterocycles. The molecule has 0 bridgehead atoms. The fourth-order valence-electron chi connectivity index (χ4n) is 1.14.